The maximum Gasteiger partial charge on any atom is 0.238 e. The van der Waals surface area contributed by atoms with E-state index in [4.69, 9.17) is 11.5 Å². The third kappa shape index (κ3) is 9.03. The number of nitrogens with two attached hydrogens (primary N) is 2. The highest BCUT2D eigenvalue weighted by atomic mass is 32.2. The summed E-state index contributed by atoms with van der Waals surface area (Å²) in [6.07, 6.45) is 0.284. The highest BCUT2D eigenvalue weighted by Crippen LogP contribution is 2.00. The maximum absolute atomic E-state index is 11.5. The molecule has 3 amide bonds. The van der Waals surface area contributed by atoms with Gasteiger partial charge in [0, 0.05) is 12.7 Å². The number of aldehydes is 1. The van der Waals surface area contributed by atoms with Crippen LogP contribution in [0.4, 0.5) is 0 Å². The highest BCUT2D eigenvalue weighted by molar-refractivity contribution is 7.99. The van der Waals surface area contributed by atoms with Crippen molar-refractivity contribution in [3.8, 4) is 0 Å². The number of nitrogens with one attached hydrogen (secondary N) is 2. The minimum atomic E-state index is -1.07. The molecular formula is C10H18N4O4S. The van der Waals surface area contributed by atoms with Gasteiger partial charge in [0.2, 0.25) is 17.7 Å². The molecule has 0 radical (unpaired) electrons. The number of rotatable bonds is 9. The van der Waals surface area contributed by atoms with Crippen LogP contribution in [0.1, 0.15) is 13.3 Å². The van der Waals surface area contributed by atoms with Gasteiger partial charge in [-0.1, -0.05) is 0 Å². The molecule has 0 aliphatic rings. The van der Waals surface area contributed by atoms with E-state index in [-0.39, 0.29) is 12.3 Å². The quantitative estimate of drug-likeness (QED) is 0.213. The summed E-state index contributed by atoms with van der Waals surface area (Å²) in [5, 5.41) is 4.92. The molecule has 0 heterocycles. The molecule has 0 aliphatic heterocycles. The van der Waals surface area contributed by atoms with Crippen molar-refractivity contribution in [1.29, 1.82) is 0 Å². The summed E-state index contributed by atoms with van der Waals surface area (Å²) < 4.78 is 0. The van der Waals surface area contributed by atoms with Crippen LogP contribution in [0.2, 0.25) is 0 Å². The second-order valence-corrected chi connectivity index (χ2v) is 4.81. The van der Waals surface area contributed by atoms with Gasteiger partial charge in [0.15, 0.2) is 0 Å². The minimum Gasteiger partial charge on any atom is -0.370 e. The van der Waals surface area contributed by atoms with Gasteiger partial charge in [-0.15, -0.1) is 11.8 Å². The van der Waals surface area contributed by atoms with Crippen molar-refractivity contribution in [3.05, 3.63) is 0 Å². The lowest BCUT2D eigenvalue weighted by Gasteiger charge is -2.15. The zero-order valence-electron chi connectivity index (χ0n) is 10.5. The Bertz CT molecular complexity index is 350. The predicted molar refractivity (Wildman–Crippen MR) is 70.9 cm³/mol. The van der Waals surface area contributed by atoms with E-state index in [0.717, 1.165) is 0 Å². The van der Waals surface area contributed by atoms with Gasteiger partial charge in [-0.25, -0.2) is 0 Å². The standard InChI is InChI=1S/C10H18N4O4S/c1-6(16)13-5-19-4-7(3-15)14-10(18)8(11)2-9(12)17/h3,7-8H,2,4-5,11H2,1H3,(H2,12,17)(H,13,16)(H,14,18)/t7-,8+/m1/s1. The van der Waals surface area contributed by atoms with Gasteiger partial charge in [0.05, 0.1) is 24.4 Å². The van der Waals surface area contributed by atoms with Crippen LogP contribution >= 0.6 is 11.8 Å². The normalized spacial score (nSPS) is 13.2. The predicted octanol–water partition coefficient (Wildman–Crippen LogP) is -2.30. The van der Waals surface area contributed by atoms with Crippen molar-refractivity contribution < 1.29 is 19.2 Å². The monoisotopic (exact) mass is 290 g/mol. The van der Waals surface area contributed by atoms with Crippen LogP contribution in [0.15, 0.2) is 0 Å². The molecule has 0 saturated heterocycles. The van der Waals surface area contributed by atoms with E-state index in [0.29, 0.717) is 17.9 Å². The van der Waals surface area contributed by atoms with Crippen LogP contribution in [0.5, 0.6) is 0 Å². The Morgan fingerprint density at radius 2 is 2.00 bits per heavy atom. The lowest BCUT2D eigenvalue weighted by Crippen LogP contribution is -2.48. The molecule has 8 nitrogen and oxygen atoms in total. The summed E-state index contributed by atoms with van der Waals surface area (Å²) in [5.74, 6) is -0.856. The van der Waals surface area contributed by atoms with E-state index >= 15 is 0 Å². The third-order valence-corrected chi connectivity index (χ3v) is 2.91. The Morgan fingerprint density at radius 3 is 2.47 bits per heavy atom. The Morgan fingerprint density at radius 1 is 1.37 bits per heavy atom. The smallest absolute Gasteiger partial charge is 0.238 e. The lowest BCUT2D eigenvalue weighted by molar-refractivity contribution is -0.127. The van der Waals surface area contributed by atoms with Crippen molar-refractivity contribution in [2.75, 3.05) is 11.6 Å². The molecular weight excluding hydrogens is 272 g/mol. The van der Waals surface area contributed by atoms with Crippen molar-refractivity contribution in [2.45, 2.75) is 25.4 Å². The van der Waals surface area contributed by atoms with E-state index < -0.39 is 23.9 Å². The molecule has 0 fully saturated rings. The SMILES string of the molecule is CC(=O)NCSC[C@@H](C=O)NC(=O)[C@@H](N)CC(N)=O. The molecule has 19 heavy (non-hydrogen) atoms. The Balaban J connectivity index is 4.03. The summed E-state index contributed by atoms with van der Waals surface area (Å²) in [6.45, 7) is 1.38. The van der Waals surface area contributed by atoms with Crippen LogP contribution in [-0.2, 0) is 19.2 Å². The van der Waals surface area contributed by atoms with Crippen LogP contribution in [0.25, 0.3) is 0 Å². The summed E-state index contributed by atoms with van der Waals surface area (Å²) in [6, 6.07) is -1.80. The van der Waals surface area contributed by atoms with Gasteiger partial charge in [-0.3, -0.25) is 14.4 Å². The van der Waals surface area contributed by atoms with Crippen LogP contribution in [-0.4, -0.2) is 47.7 Å². The fourth-order valence-corrected chi connectivity index (χ4v) is 1.89. The number of carbonyl (C=O) groups excluding carboxylic acids is 4. The fraction of sp³-hybridized carbons (Fsp3) is 0.600. The Labute approximate surface area is 115 Å². The molecule has 0 unspecified atom stereocenters. The molecule has 0 spiro atoms. The van der Waals surface area contributed by atoms with Crippen molar-refractivity contribution in [2.24, 2.45) is 11.5 Å². The molecule has 0 aromatic heterocycles. The average molecular weight is 290 g/mol. The Kier molecular flexibility index (Phi) is 8.55. The van der Waals surface area contributed by atoms with Gasteiger partial charge in [-0.05, 0) is 0 Å². The van der Waals surface area contributed by atoms with Crippen molar-refractivity contribution in [3.63, 3.8) is 0 Å². The van der Waals surface area contributed by atoms with Gasteiger partial charge < -0.3 is 26.9 Å². The van der Waals surface area contributed by atoms with Crippen LogP contribution in [0, 0.1) is 0 Å². The zero-order valence-corrected chi connectivity index (χ0v) is 11.4. The van der Waals surface area contributed by atoms with Crippen LogP contribution < -0.4 is 22.1 Å². The number of hydrogen-bond donors (Lipinski definition) is 4. The first-order valence-corrected chi connectivity index (χ1v) is 6.64. The summed E-state index contributed by atoms with van der Waals surface area (Å²) >= 11 is 1.27. The lowest BCUT2D eigenvalue weighted by atomic mass is 10.2. The molecule has 0 bridgehead atoms. The number of hydrogen-bond acceptors (Lipinski definition) is 6. The second-order valence-electron chi connectivity index (χ2n) is 3.78. The first-order valence-electron chi connectivity index (χ1n) is 5.48. The average Bonchev–Trinajstić information content (AvgIpc) is 2.31. The largest absolute Gasteiger partial charge is 0.370 e. The van der Waals surface area contributed by atoms with Gasteiger partial charge >= 0.3 is 0 Å². The molecule has 0 aromatic rings. The second kappa shape index (κ2) is 9.34. The molecule has 2 atom stereocenters. The van der Waals surface area contributed by atoms with E-state index in [2.05, 4.69) is 10.6 Å². The highest BCUT2D eigenvalue weighted by Gasteiger charge is 2.19. The fourth-order valence-electron chi connectivity index (χ4n) is 1.05. The summed E-state index contributed by atoms with van der Waals surface area (Å²) in [4.78, 5) is 43.5. The molecule has 0 rings (SSSR count). The first kappa shape index (κ1) is 17.4. The molecule has 108 valence electrons. The summed E-state index contributed by atoms with van der Waals surface area (Å²) in [5.41, 5.74) is 10.3. The minimum absolute atomic E-state index is 0.178. The van der Waals surface area contributed by atoms with Crippen molar-refractivity contribution >= 4 is 35.8 Å². The number of thioether (sulfide) groups is 1. The van der Waals surface area contributed by atoms with E-state index in [1.165, 1.54) is 18.7 Å². The molecule has 6 N–H and O–H groups in total. The van der Waals surface area contributed by atoms with Crippen molar-refractivity contribution in [1.82, 2.24) is 10.6 Å². The Hall–Kier alpha value is -1.61. The topological polar surface area (TPSA) is 144 Å². The number of primary amides is 1. The molecule has 0 aliphatic carbocycles. The first-order chi connectivity index (χ1) is 8.86. The van der Waals surface area contributed by atoms with Gasteiger partial charge in [0.1, 0.15) is 6.29 Å². The summed E-state index contributed by atoms with van der Waals surface area (Å²) in [7, 11) is 0. The van der Waals surface area contributed by atoms with E-state index in [1.54, 1.807) is 0 Å². The maximum atomic E-state index is 11.5. The van der Waals surface area contributed by atoms with E-state index in [9.17, 15) is 19.2 Å². The van der Waals surface area contributed by atoms with Crippen LogP contribution in [0.3, 0.4) is 0 Å². The number of amides is 3. The number of carbonyl (C=O) groups is 4. The zero-order chi connectivity index (χ0) is 14.8. The molecule has 9 heteroatoms. The molecule has 0 saturated carbocycles. The van der Waals surface area contributed by atoms with Gasteiger partial charge in [0.25, 0.3) is 0 Å². The van der Waals surface area contributed by atoms with Gasteiger partial charge in [-0.2, -0.15) is 0 Å². The third-order valence-electron chi connectivity index (χ3n) is 1.97. The molecule has 0 aromatic carbocycles. The van der Waals surface area contributed by atoms with E-state index in [1.807, 2.05) is 0 Å².